The van der Waals surface area contributed by atoms with Gasteiger partial charge in [-0.2, -0.15) is 0 Å². The molecule has 1 aliphatic rings. The Bertz CT molecular complexity index is 606. The lowest BCUT2D eigenvalue weighted by molar-refractivity contribution is 0.643. The van der Waals surface area contributed by atoms with Gasteiger partial charge >= 0.3 is 0 Å². The Hall–Kier alpha value is -1.80. The highest BCUT2D eigenvalue weighted by Gasteiger charge is 2.27. The van der Waals surface area contributed by atoms with Crippen LogP contribution in [0.2, 0.25) is 0 Å². The van der Waals surface area contributed by atoms with E-state index in [0.717, 1.165) is 32.5 Å². The predicted octanol–water partition coefficient (Wildman–Crippen LogP) is 3.70. The Morgan fingerprint density at radius 1 is 1.05 bits per heavy atom. The molecule has 1 unspecified atom stereocenters. The molecule has 1 heterocycles. The molecular formula is C19H24N2. The standard InChI is InChI=1S/C19H24N2/c1-2-15-7-3-4-8-16(15)13-21-14-17(11-12-20)18-9-5-6-10-19(18)21/h3-10,17H,2,11-14,20H2,1H3. The Labute approximate surface area is 127 Å². The Kier molecular flexibility index (Phi) is 4.26. The summed E-state index contributed by atoms with van der Waals surface area (Å²) in [4.78, 5) is 2.52. The van der Waals surface area contributed by atoms with Crippen LogP contribution in [0.15, 0.2) is 48.5 Å². The summed E-state index contributed by atoms with van der Waals surface area (Å²) in [5.41, 5.74) is 11.6. The second-order valence-corrected chi connectivity index (χ2v) is 5.84. The van der Waals surface area contributed by atoms with Crippen molar-refractivity contribution >= 4 is 5.69 Å². The molecule has 0 aliphatic carbocycles. The largest absolute Gasteiger partial charge is 0.366 e. The number of rotatable bonds is 5. The first-order valence-corrected chi connectivity index (χ1v) is 7.94. The highest BCUT2D eigenvalue weighted by molar-refractivity contribution is 5.60. The van der Waals surface area contributed by atoms with Crippen LogP contribution in [0, 0.1) is 0 Å². The number of nitrogens with two attached hydrogens (primary N) is 1. The van der Waals surface area contributed by atoms with Gasteiger partial charge in [0.15, 0.2) is 0 Å². The first kappa shape index (κ1) is 14.2. The highest BCUT2D eigenvalue weighted by Crippen LogP contribution is 2.38. The molecule has 2 N–H and O–H groups in total. The quantitative estimate of drug-likeness (QED) is 0.905. The van der Waals surface area contributed by atoms with Crippen molar-refractivity contribution in [2.75, 3.05) is 18.0 Å². The average Bonchev–Trinajstić information content (AvgIpc) is 2.87. The number of anilines is 1. The van der Waals surface area contributed by atoms with Gasteiger partial charge in [-0.25, -0.2) is 0 Å². The van der Waals surface area contributed by atoms with Crippen LogP contribution >= 0.6 is 0 Å². The van der Waals surface area contributed by atoms with Gasteiger partial charge in [0.05, 0.1) is 0 Å². The summed E-state index contributed by atoms with van der Waals surface area (Å²) in [7, 11) is 0. The minimum absolute atomic E-state index is 0.583. The molecule has 0 saturated carbocycles. The fourth-order valence-corrected chi connectivity index (χ4v) is 3.44. The summed E-state index contributed by atoms with van der Waals surface area (Å²) in [5, 5.41) is 0. The van der Waals surface area contributed by atoms with E-state index in [2.05, 4.69) is 60.4 Å². The van der Waals surface area contributed by atoms with Crippen molar-refractivity contribution in [2.45, 2.75) is 32.2 Å². The summed E-state index contributed by atoms with van der Waals surface area (Å²) in [5.74, 6) is 0.583. The molecule has 2 aromatic carbocycles. The van der Waals surface area contributed by atoms with Crippen LogP contribution in [0.4, 0.5) is 5.69 Å². The van der Waals surface area contributed by atoms with E-state index in [1.165, 1.54) is 22.4 Å². The molecule has 1 aliphatic heterocycles. The third kappa shape index (κ3) is 2.81. The maximum atomic E-state index is 5.79. The summed E-state index contributed by atoms with van der Waals surface area (Å²) < 4.78 is 0. The lowest BCUT2D eigenvalue weighted by Crippen LogP contribution is -2.22. The highest BCUT2D eigenvalue weighted by atomic mass is 15.2. The topological polar surface area (TPSA) is 29.3 Å². The minimum Gasteiger partial charge on any atom is -0.366 e. The van der Waals surface area contributed by atoms with Crippen molar-refractivity contribution in [1.29, 1.82) is 0 Å². The number of fused-ring (bicyclic) bond motifs is 1. The minimum atomic E-state index is 0.583. The van der Waals surface area contributed by atoms with Gasteiger partial charge in [0, 0.05) is 24.7 Å². The van der Waals surface area contributed by atoms with Crippen molar-refractivity contribution in [3.05, 3.63) is 65.2 Å². The molecular weight excluding hydrogens is 256 g/mol. The maximum absolute atomic E-state index is 5.79. The van der Waals surface area contributed by atoms with Crippen LogP contribution in [0.25, 0.3) is 0 Å². The van der Waals surface area contributed by atoms with E-state index >= 15 is 0 Å². The van der Waals surface area contributed by atoms with E-state index in [1.807, 2.05) is 0 Å². The first-order chi connectivity index (χ1) is 10.3. The monoisotopic (exact) mass is 280 g/mol. The van der Waals surface area contributed by atoms with E-state index in [4.69, 9.17) is 5.73 Å². The van der Waals surface area contributed by atoms with E-state index in [9.17, 15) is 0 Å². The molecule has 0 radical (unpaired) electrons. The maximum Gasteiger partial charge on any atom is 0.0432 e. The fraction of sp³-hybridized carbons (Fsp3) is 0.368. The van der Waals surface area contributed by atoms with Crippen molar-refractivity contribution in [3.8, 4) is 0 Å². The van der Waals surface area contributed by atoms with Crippen LogP contribution < -0.4 is 10.6 Å². The summed E-state index contributed by atoms with van der Waals surface area (Å²) >= 11 is 0. The molecule has 3 rings (SSSR count). The summed E-state index contributed by atoms with van der Waals surface area (Å²) in [6, 6.07) is 17.6. The van der Waals surface area contributed by atoms with Crippen molar-refractivity contribution in [2.24, 2.45) is 5.73 Å². The molecule has 0 amide bonds. The normalized spacial score (nSPS) is 17.0. The Balaban J connectivity index is 1.87. The Morgan fingerprint density at radius 3 is 2.52 bits per heavy atom. The zero-order chi connectivity index (χ0) is 14.7. The van der Waals surface area contributed by atoms with E-state index in [-0.39, 0.29) is 0 Å². The van der Waals surface area contributed by atoms with Gasteiger partial charge < -0.3 is 10.6 Å². The van der Waals surface area contributed by atoms with Gasteiger partial charge in [-0.3, -0.25) is 0 Å². The van der Waals surface area contributed by atoms with E-state index in [1.54, 1.807) is 0 Å². The van der Waals surface area contributed by atoms with Gasteiger partial charge in [0.1, 0.15) is 0 Å². The molecule has 110 valence electrons. The van der Waals surface area contributed by atoms with Crippen molar-refractivity contribution in [1.82, 2.24) is 0 Å². The van der Waals surface area contributed by atoms with Gasteiger partial charge in [-0.05, 0) is 42.1 Å². The number of nitrogens with zero attached hydrogens (tertiary/aromatic N) is 1. The van der Waals surface area contributed by atoms with Crippen LogP contribution in [0.5, 0.6) is 0 Å². The van der Waals surface area contributed by atoms with E-state index < -0.39 is 0 Å². The lowest BCUT2D eigenvalue weighted by atomic mass is 9.98. The third-order valence-electron chi connectivity index (χ3n) is 4.53. The SMILES string of the molecule is CCc1ccccc1CN1CC(CCN)c2ccccc21. The molecule has 2 aromatic rings. The first-order valence-electron chi connectivity index (χ1n) is 7.94. The zero-order valence-corrected chi connectivity index (χ0v) is 12.8. The summed E-state index contributed by atoms with van der Waals surface area (Å²) in [6.07, 6.45) is 2.17. The lowest BCUT2D eigenvalue weighted by Gasteiger charge is -2.21. The zero-order valence-electron chi connectivity index (χ0n) is 12.8. The Morgan fingerprint density at radius 2 is 1.76 bits per heavy atom. The van der Waals surface area contributed by atoms with Gasteiger partial charge in [0.2, 0.25) is 0 Å². The molecule has 2 heteroatoms. The number of benzene rings is 2. The molecule has 0 bridgehead atoms. The number of hydrogen-bond donors (Lipinski definition) is 1. The van der Waals surface area contributed by atoms with Gasteiger partial charge in [-0.15, -0.1) is 0 Å². The van der Waals surface area contributed by atoms with Crippen LogP contribution in [0.3, 0.4) is 0 Å². The van der Waals surface area contributed by atoms with Crippen LogP contribution in [0.1, 0.15) is 36.0 Å². The molecule has 0 aromatic heterocycles. The molecule has 2 nitrogen and oxygen atoms in total. The molecule has 0 saturated heterocycles. The average molecular weight is 280 g/mol. The molecule has 21 heavy (non-hydrogen) atoms. The van der Waals surface area contributed by atoms with Crippen LogP contribution in [-0.2, 0) is 13.0 Å². The second kappa shape index (κ2) is 6.31. The number of aryl methyl sites for hydroxylation is 1. The molecule has 1 atom stereocenters. The molecule has 0 spiro atoms. The van der Waals surface area contributed by atoms with Gasteiger partial charge in [0.25, 0.3) is 0 Å². The third-order valence-corrected chi connectivity index (χ3v) is 4.53. The fourth-order valence-electron chi connectivity index (χ4n) is 3.44. The number of hydrogen-bond acceptors (Lipinski definition) is 2. The van der Waals surface area contributed by atoms with Crippen molar-refractivity contribution in [3.63, 3.8) is 0 Å². The predicted molar refractivity (Wildman–Crippen MR) is 89.7 cm³/mol. The number of para-hydroxylation sites is 1. The van der Waals surface area contributed by atoms with Crippen molar-refractivity contribution < 1.29 is 0 Å². The van der Waals surface area contributed by atoms with Gasteiger partial charge in [-0.1, -0.05) is 49.4 Å². The smallest absolute Gasteiger partial charge is 0.0432 e. The molecule has 0 fully saturated rings. The van der Waals surface area contributed by atoms with E-state index in [0.29, 0.717) is 5.92 Å². The summed E-state index contributed by atoms with van der Waals surface area (Å²) in [6.45, 7) is 5.09. The van der Waals surface area contributed by atoms with Crippen LogP contribution in [-0.4, -0.2) is 13.1 Å². The second-order valence-electron chi connectivity index (χ2n) is 5.84.